The summed E-state index contributed by atoms with van der Waals surface area (Å²) in [6.45, 7) is 2.29. The van der Waals surface area contributed by atoms with Crippen LogP contribution < -0.4 is 0 Å². The van der Waals surface area contributed by atoms with Crippen LogP contribution in [0.3, 0.4) is 0 Å². The van der Waals surface area contributed by atoms with E-state index in [2.05, 4.69) is 49.4 Å². The Bertz CT molecular complexity index is 826. The topological polar surface area (TPSA) is 0 Å². The molecule has 0 unspecified atom stereocenters. The zero-order chi connectivity index (χ0) is 14.9. The van der Waals surface area contributed by atoms with Crippen LogP contribution >= 0.6 is 0 Å². The smallest absolute Gasteiger partial charge is 0.00703 e. The maximum atomic E-state index is 2.54. The van der Waals surface area contributed by atoms with E-state index < -0.39 is 0 Å². The molecule has 0 amide bonds. The molecule has 0 heterocycles. The lowest BCUT2D eigenvalue weighted by atomic mass is 9.83. The standard InChI is InChI=1S/C22H24/c1-2-3-8-18-15-17-10-5-6-11-19(17)21-14-13-16-9-4-7-12-20(16)22(18)21/h4,7,9,12-15H,2-3,5-6,8,10-11H2,1H3. The molecule has 4 rings (SSSR count). The first-order valence-electron chi connectivity index (χ1n) is 8.83. The third-order valence-electron chi connectivity index (χ3n) is 5.23. The summed E-state index contributed by atoms with van der Waals surface area (Å²) >= 11 is 0. The van der Waals surface area contributed by atoms with Gasteiger partial charge < -0.3 is 0 Å². The van der Waals surface area contributed by atoms with Gasteiger partial charge in [-0.1, -0.05) is 55.8 Å². The number of benzene rings is 3. The van der Waals surface area contributed by atoms with Crippen LogP contribution in [0.15, 0.2) is 42.5 Å². The van der Waals surface area contributed by atoms with E-state index in [4.69, 9.17) is 0 Å². The van der Waals surface area contributed by atoms with E-state index >= 15 is 0 Å². The average Bonchev–Trinajstić information content (AvgIpc) is 2.59. The summed E-state index contributed by atoms with van der Waals surface area (Å²) in [5.41, 5.74) is 4.83. The van der Waals surface area contributed by atoms with E-state index in [1.54, 1.807) is 16.7 Å². The largest absolute Gasteiger partial charge is 0.0654 e. The van der Waals surface area contributed by atoms with E-state index in [0.717, 1.165) is 0 Å². The summed E-state index contributed by atoms with van der Waals surface area (Å²) in [5, 5.41) is 5.89. The van der Waals surface area contributed by atoms with Crippen LogP contribution in [0.4, 0.5) is 0 Å². The molecule has 1 aliphatic carbocycles. The van der Waals surface area contributed by atoms with Gasteiger partial charge in [-0.25, -0.2) is 0 Å². The number of hydrogen-bond donors (Lipinski definition) is 0. The van der Waals surface area contributed by atoms with Gasteiger partial charge in [0.15, 0.2) is 0 Å². The maximum absolute atomic E-state index is 2.54. The summed E-state index contributed by atoms with van der Waals surface area (Å²) in [6, 6.07) is 16.1. The second-order valence-corrected chi connectivity index (χ2v) is 6.69. The fourth-order valence-electron chi connectivity index (χ4n) is 4.11. The Hall–Kier alpha value is -1.82. The normalized spacial score (nSPS) is 14.4. The molecule has 0 N–H and O–H groups in total. The van der Waals surface area contributed by atoms with Gasteiger partial charge in [-0.2, -0.15) is 0 Å². The first-order chi connectivity index (χ1) is 10.9. The fraction of sp³-hybridized carbons (Fsp3) is 0.364. The summed E-state index contributed by atoms with van der Waals surface area (Å²) in [6.07, 6.45) is 9.02. The van der Waals surface area contributed by atoms with Crippen molar-refractivity contribution in [3.05, 3.63) is 59.2 Å². The van der Waals surface area contributed by atoms with E-state index in [9.17, 15) is 0 Å². The molecule has 3 aromatic rings. The Kier molecular flexibility index (Phi) is 3.62. The van der Waals surface area contributed by atoms with Crippen LogP contribution in [-0.2, 0) is 19.3 Å². The molecule has 22 heavy (non-hydrogen) atoms. The highest BCUT2D eigenvalue weighted by Crippen LogP contribution is 2.36. The molecule has 0 saturated carbocycles. The maximum Gasteiger partial charge on any atom is -0.00703 e. The monoisotopic (exact) mass is 288 g/mol. The minimum absolute atomic E-state index is 1.22. The first-order valence-corrected chi connectivity index (χ1v) is 8.83. The molecule has 112 valence electrons. The Morgan fingerprint density at radius 2 is 1.77 bits per heavy atom. The number of unbranched alkanes of at least 4 members (excludes halogenated alkanes) is 1. The van der Waals surface area contributed by atoms with Gasteiger partial charge >= 0.3 is 0 Å². The Balaban J connectivity index is 2.07. The molecule has 0 bridgehead atoms. The Morgan fingerprint density at radius 1 is 0.909 bits per heavy atom. The van der Waals surface area contributed by atoms with E-state index in [1.807, 2.05) is 0 Å². The lowest BCUT2D eigenvalue weighted by Gasteiger charge is -2.21. The van der Waals surface area contributed by atoms with Crippen molar-refractivity contribution >= 4 is 21.5 Å². The predicted molar refractivity (Wildman–Crippen MR) is 96.7 cm³/mol. The average molecular weight is 288 g/mol. The summed E-state index contributed by atoms with van der Waals surface area (Å²) < 4.78 is 0. The second kappa shape index (κ2) is 5.76. The van der Waals surface area contributed by atoms with Gasteiger partial charge in [0.2, 0.25) is 0 Å². The van der Waals surface area contributed by atoms with E-state index in [-0.39, 0.29) is 0 Å². The summed E-state index contributed by atoms with van der Waals surface area (Å²) in [4.78, 5) is 0. The van der Waals surface area contributed by atoms with Crippen molar-refractivity contribution in [1.82, 2.24) is 0 Å². The van der Waals surface area contributed by atoms with Crippen molar-refractivity contribution in [3.8, 4) is 0 Å². The Morgan fingerprint density at radius 3 is 2.68 bits per heavy atom. The van der Waals surface area contributed by atoms with E-state index in [0.29, 0.717) is 0 Å². The lowest BCUT2D eigenvalue weighted by molar-refractivity contribution is 0.688. The molecular formula is C22H24. The SMILES string of the molecule is CCCCc1cc2c(c3ccc4ccccc4c13)CCCC2. The fourth-order valence-corrected chi connectivity index (χ4v) is 4.11. The predicted octanol–water partition coefficient (Wildman–Crippen LogP) is 6.21. The van der Waals surface area contributed by atoms with Crippen molar-refractivity contribution in [1.29, 1.82) is 0 Å². The molecule has 0 radical (unpaired) electrons. The molecule has 0 aromatic heterocycles. The van der Waals surface area contributed by atoms with Crippen molar-refractivity contribution in [3.63, 3.8) is 0 Å². The van der Waals surface area contributed by atoms with Gasteiger partial charge in [-0.15, -0.1) is 0 Å². The molecule has 0 fully saturated rings. The molecule has 0 saturated heterocycles. The van der Waals surface area contributed by atoms with Crippen molar-refractivity contribution in [2.45, 2.75) is 51.9 Å². The number of rotatable bonds is 3. The van der Waals surface area contributed by atoms with Crippen LogP contribution in [0.1, 0.15) is 49.3 Å². The number of aryl methyl sites for hydroxylation is 3. The Labute approximate surface area is 133 Å². The van der Waals surface area contributed by atoms with Gasteiger partial charge in [0, 0.05) is 0 Å². The van der Waals surface area contributed by atoms with Crippen LogP contribution in [0.2, 0.25) is 0 Å². The minimum Gasteiger partial charge on any atom is -0.0654 e. The van der Waals surface area contributed by atoms with Crippen molar-refractivity contribution < 1.29 is 0 Å². The van der Waals surface area contributed by atoms with Gasteiger partial charge in [0.05, 0.1) is 0 Å². The molecule has 0 nitrogen and oxygen atoms in total. The summed E-state index contributed by atoms with van der Waals surface area (Å²) in [5.74, 6) is 0. The van der Waals surface area contributed by atoms with Crippen LogP contribution in [0.5, 0.6) is 0 Å². The summed E-state index contributed by atoms with van der Waals surface area (Å²) in [7, 11) is 0. The van der Waals surface area contributed by atoms with Gasteiger partial charge in [0.1, 0.15) is 0 Å². The molecule has 3 aromatic carbocycles. The zero-order valence-corrected chi connectivity index (χ0v) is 13.5. The molecule has 0 aliphatic heterocycles. The van der Waals surface area contributed by atoms with Gasteiger partial charge in [-0.05, 0) is 76.8 Å². The highest BCUT2D eigenvalue weighted by molar-refractivity contribution is 6.10. The lowest BCUT2D eigenvalue weighted by Crippen LogP contribution is -2.05. The second-order valence-electron chi connectivity index (χ2n) is 6.69. The molecule has 0 heteroatoms. The molecular weight excluding hydrogens is 264 g/mol. The minimum atomic E-state index is 1.22. The molecule has 1 aliphatic rings. The number of fused-ring (bicyclic) bond motifs is 5. The van der Waals surface area contributed by atoms with Gasteiger partial charge in [-0.3, -0.25) is 0 Å². The van der Waals surface area contributed by atoms with Crippen molar-refractivity contribution in [2.24, 2.45) is 0 Å². The quantitative estimate of drug-likeness (QED) is 0.502. The zero-order valence-electron chi connectivity index (χ0n) is 13.5. The van der Waals surface area contributed by atoms with Crippen LogP contribution in [0.25, 0.3) is 21.5 Å². The molecule has 0 spiro atoms. The van der Waals surface area contributed by atoms with Gasteiger partial charge in [0.25, 0.3) is 0 Å². The molecule has 0 atom stereocenters. The third-order valence-corrected chi connectivity index (χ3v) is 5.23. The first kappa shape index (κ1) is 13.8. The highest BCUT2D eigenvalue weighted by Gasteiger charge is 2.16. The third kappa shape index (κ3) is 2.22. The number of hydrogen-bond acceptors (Lipinski definition) is 0. The van der Waals surface area contributed by atoms with Crippen molar-refractivity contribution in [2.75, 3.05) is 0 Å². The van der Waals surface area contributed by atoms with Crippen LogP contribution in [-0.4, -0.2) is 0 Å². The van der Waals surface area contributed by atoms with E-state index in [1.165, 1.54) is 66.5 Å². The highest BCUT2D eigenvalue weighted by atomic mass is 14.2. The van der Waals surface area contributed by atoms with Crippen LogP contribution in [0, 0.1) is 0 Å².